The van der Waals surface area contributed by atoms with E-state index in [1.807, 2.05) is 0 Å². The number of hydrogen-bond donors (Lipinski definition) is 0. The van der Waals surface area contributed by atoms with Crippen LogP contribution in [0, 0.1) is 5.21 Å². The van der Waals surface area contributed by atoms with Gasteiger partial charge in [0.25, 0.3) is 0 Å². The zero-order chi connectivity index (χ0) is 8.10. The minimum atomic E-state index is 0.662. The van der Waals surface area contributed by atoms with Crippen molar-refractivity contribution in [2.24, 2.45) is 5.11 Å². The Labute approximate surface area is 67.1 Å². The first-order valence-corrected chi connectivity index (χ1v) is 4.24. The quantitative estimate of drug-likeness (QED) is 0.351. The lowest BCUT2D eigenvalue weighted by atomic mass is 10.2. The van der Waals surface area contributed by atoms with Gasteiger partial charge in [0.15, 0.2) is 0 Å². The molecule has 1 rings (SSSR count). The normalized spacial score (nSPS) is 17.2. The fourth-order valence-electron chi connectivity index (χ4n) is 1.16. The van der Waals surface area contributed by atoms with Gasteiger partial charge in [0, 0.05) is 10.1 Å². The molecule has 4 heteroatoms. The number of unbranched alkanes of at least 4 members (excludes halogenated alkanes) is 2. The third kappa shape index (κ3) is 2.37. The first-order valence-electron chi connectivity index (χ1n) is 4.24. The summed E-state index contributed by atoms with van der Waals surface area (Å²) in [6.45, 7) is 4.48. The first kappa shape index (κ1) is 8.30. The van der Waals surface area contributed by atoms with E-state index in [9.17, 15) is 5.21 Å². The minimum Gasteiger partial charge on any atom is -0.572 e. The van der Waals surface area contributed by atoms with Crippen molar-refractivity contribution in [3.8, 4) is 0 Å². The van der Waals surface area contributed by atoms with E-state index in [0.717, 1.165) is 24.5 Å². The molecule has 0 saturated carbocycles. The average molecular weight is 157 g/mol. The van der Waals surface area contributed by atoms with Gasteiger partial charge in [-0.2, -0.15) is 0 Å². The number of hydrazine groups is 1. The van der Waals surface area contributed by atoms with Gasteiger partial charge in [-0.3, -0.25) is 0 Å². The number of rotatable bonds is 4. The summed E-state index contributed by atoms with van der Waals surface area (Å²) in [5, 5.41) is 16.3. The standard InChI is InChI=1S/C7H15N3O/c1-2-3-4-6-9-7-5-8-10(9)11/h2-7H2,1H3. The van der Waals surface area contributed by atoms with Gasteiger partial charge in [-0.1, -0.05) is 19.8 Å². The summed E-state index contributed by atoms with van der Waals surface area (Å²) >= 11 is 0. The lowest BCUT2D eigenvalue weighted by molar-refractivity contribution is -0.676. The summed E-state index contributed by atoms with van der Waals surface area (Å²) in [5.41, 5.74) is 0. The first-order chi connectivity index (χ1) is 5.34. The molecule has 0 aromatic carbocycles. The lowest BCUT2D eigenvalue weighted by Gasteiger charge is -2.11. The van der Waals surface area contributed by atoms with Gasteiger partial charge >= 0.3 is 0 Å². The van der Waals surface area contributed by atoms with Crippen LogP contribution in [-0.2, 0) is 0 Å². The third-order valence-electron chi connectivity index (χ3n) is 1.84. The molecule has 0 amide bonds. The number of hydrogen-bond acceptors (Lipinski definition) is 3. The highest BCUT2D eigenvalue weighted by molar-refractivity contribution is 4.51. The molecular formula is C7H15N3O. The van der Waals surface area contributed by atoms with Crippen LogP contribution < -0.4 is 0 Å². The Morgan fingerprint density at radius 1 is 1.55 bits per heavy atom. The van der Waals surface area contributed by atoms with E-state index in [1.54, 1.807) is 5.01 Å². The highest BCUT2D eigenvalue weighted by atomic mass is 16.5. The molecule has 11 heavy (non-hydrogen) atoms. The smallest absolute Gasteiger partial charge is 0.129 e. The van der Waals surface area contributed by atoms with Gasteiger partial charge in [0.05, 0.1) is 6.54 Å². The van der Waals surface area contributed by atoms with Crippen LogP contribution in [0.4, 0.5) is 0 Å². The van der Waals surface area contributed by atoms with Gasteiger partial charge in [-0.25, -0.2) is 0 Å². The van der Waals surface area contributed by atoms with Gasteiger partial charge < -0.3 is 5.21 Å². The third-order valence-corrected chi connectivity index (χ3v) is 1.84. The Hall–Kier alpha value is -0.800. The maximum Gasteiger partial charge on any atom is 0.129 e. The Bertz CT molecular complexity index is 147. The fourth-order valence-corrected chi connectivity index (χ4v) is 1.16. The van der Waals surface area contributed by atoms with Crippen LogP contribution >= 0.6 is 0 Å². The van der Waals surface area contributed by atoms with E-state index >= 15 is 0 Å². The molecule has 0 radical (unpaired) electrons. The minimum absolute atomic E-state index is 0.662. The Kier molecular flexibility index (Phi) is 3.14. The van der Waals surface area contributed by atoms with E-state index in [4.69, 9.17) is 0 Å². The van der Waals surface area contributed by atoms with Gasteiger partial charge in [0.1, 0.15) is 13.1 Å². The predicted molar refractivity (Wildman–Crippen MR) is 42.0 cm³/mol. The molecule has 64 valence electrons. The van der Waals surface area contributed by atoms with Crippen LogP contribution in [0.1, 0.15) is 26.2 Å². The Balaban J connectivity index is 2.12. The van der Waals surface area contributed by atoms with E-state index in [-0.39, 0.29) is 0 Å². The van der Waals surface area contributed by atoms with Crippen molar-refractivity contribution in [3.63, 3.8) is 0 Å². The zero-order valence-electron chi connectivity index (χ0n) is 6.99. The summed E-state index contributed by atoms with van der Waals surface area (Å²) in [6, 6.07) is 0. The van der Waals surface area contributed by atoms with Crippen LogP contribution in [0.2, 0.25) is 0 Å². The van der Waals surface area contributed by atoms with E-state index in [0.29, 0.717) is 6.54 Å². The number of nitrogens with zero attached hydrogens (tertiary/aromatic N) is 3. The summed E-state index contributed by atoms with van der Waals surface area (Å²) in [4.78, 5) is 0.732. The van der Waals surface area contributed by atoms with Crippen LogP contribution in [0.15, 0.2) is 5.11 Å². The molecule has 0 aliphatic carbocycles. The van der Waals surface area contributed by atoms with Crippen molar-refractivity contribution in [1.82, 2.24) is 5.01 Å². The molecule has 0 unspecified atom stereocenters. The van der Waals surface area contributed by atoms with Crippen molar-refractivity contribution in [2.45, 2.75) is 26.2 Å². The molecule has 0 saturated heterocycles. The summed E-state index contributed by atoms with van der Waals surface area (Å²) < 4.78 is 0. The molecule has 4 nitrogen and oxygen atoms in total. The topological polar surface area (TPSA) is 41.7 Å². The van der Waals surface area contributed by atoms with Crippen molar-refractivity contribution in [1.29, 1.82) is 0 Å². The maximum atomic E-state index is 10.8. The van der Waals surface area contributed by atoms with Crippen molar-refractivity contribution in [3.05, 3.63) is 5.21 Å². The van der Waals surface area contributed by atoms with Crippen molar-refractivity contribution >= 4 is 0 Å². The van der Waals surface area contributed by atoms with Crippen LogP contribution in [0.3, 0.4) is 0 Å². The molecular weight excluding hydrogens is 142 g/mol. The van der Waals surface area contributed by atoms with Gasteiger partial charge in [-0.15, -0.1) is 5.01 Å². The summed E-state index contributed by atoms with van der Waals surface area (Å²) in [5.74, 6) is 0. The zero-order valence-corrected chi connectivity index (χ0v) is 6.99. The molecule has 0 fully saturated rings. The highest BCUT2D eigenvalue weighted by Gasteiger charge is 2.17. The van der Waals surface area contributed by atoms with Crippen molar-refractivity contribution in [2.75, 3.05) is 19.6 Å². The van der Waals surface area contributed by atoms with E-state index in [1.165, 1.54) is 12.8 Å². The fraction of sp³-hybridized carbons (Fsp3) is 1.00. The summed E-state index contributed by atoms with van der Waals surface area (Å²) in [7, 11) is 0. The molecule has 0 bridgehead atoms. The molecule has 0 N–H and O–H groups in total. The van der Waals surface area contributed by atoms with Crippen LogP contribution in [0.25, 0.3) is 0 Å². The SMILES string of the molecule is CCCCCN1CCN=[N+]1[O-]. The molecule has 1 aliphatic rings. The second kappa shape index (κ2) is 4.16. The molecule has 0 spiro atoms. The lowest BCUT2D eigenvalue weighted by Crippen LogP contribution is -2.28. The predicted octanol–water partition coefficient (Wildman–Crippen LogP) is 1.37. The van der Waals surface area contributed by atoms with Crippen LogP contribution in [-0.4, -0.2) is 29.6 Å². The average Bonchev–Trinajstić information content (AvgIpc) is 2.37. The Morgan fingerprint density at radius 3 is 2.91 bits per heavy atom. The van der Waals surface area contributed by atoms with Gasteiger partial charge in [0.2, 0.25) is 0 Å². The van der Waals surface area contributed by atoms with Crippen LogP contribution in [0.5, 0.6) is 0 Å². The van der Waals surface area contributed by atoms with E-state index in [2.05, 4.69) is 12.0 Å². The van der Waals surface area contributed by atoms with E-state index < -0.39 is 0 Å². The molecule has 0 aromatic heterocycles. The second-order valence-electron chi connectivity index (χ2n) is 2.78. The largest absolute Gasteiger partial charge is 0.572 e. The monoisotopic (exact) mass is 157 g/mol. The molecule has 0 aromatic rings. The molecule has 1 aliphatic heterocycles. The second-order valence-corrected chi connectivity index (χ2v) is 2.78. The maximum absolute atomic E-state index is 10.8. The molecule has 1 heterocycles. The highest BCUT2D eigenvalue weighted by Crippen LogP contribution is 2.02. The summed E-state index contributed by atoms with van der Waals surface area (Å²) in [6.07, 6.45) is 3.50. The molecule has 0 atom stereocenters. The van der Waals surface area contributed by atoms with Crippen molar-refractivity contribution < 1.29 is 4.97 Å². The van der Waals surface area contributed by atoms with Gasteiger partial charge in [-0.05, 0) is 6.42 Å². The Morgan fingerprint density at radius 2 is 2.36 bits per heavy atom.